The van der Waals surface area contributed by atoms with Gasteiger partial charge in [0.2, 0.25) is 0 Å². The lowest BCUT2D eigenvalue weighted by Gasteiger charge is -2.11. The van der Waals surface area contributed by atoms with Gasteiger partial charge in [-0.25, -0.2) is 0 Å². The van der Waals surface area contributed by atoms with E-state index >= 15 is 0 Å². The predicted molar refractivity (Wildman–Crippen MR) is 40.7 cm³/mol. The highest BCUT2D eigenvalue weighted by molar-refractivity contribution is 6.19. The first kappa shape index (κ1) is 8.83. The van der Waals surface area contributed by atoms with Crippen molar-refractivity contribution in [3.63, 3.8) is 0 Å². The number of halogens is 1. The Bertz CT molecular complexity index is 90.9. The van der Waals surface area contributed by atoms with Gasteiger partial charge in [-0.15, -0.1) is 11.6 Å². The van der Waals surface area contributed by atoms with E-state index in [1.165, 1.54) is 0 Å². The first-order valence-corrected chi connectivity index (χ1v) is 3.64. The van der Waals surface area contributed by atoms with E-state index in [2.05, 4.69) is 13.5 Å². The summed E-state index contributed by atoms with van der Waals surface area (Å²) in [7, 11) is 0. The van der Waals surface area contributed by atoms with Gasteiger partial charge in [-0.1, -0.05) is 13.5 Å². The minimum absolute atomic E-state index is 0.247. The molecule has 0 amide bonds. The maximum atomic E-state index is 5.43. The molecule has 0 aromatic heterocycles. The molecule has 0 heterocycles. The molecule has 0 aliphatic heterocycles. The van der Waals surface area contributed by atoms with Gasteiger partial charge < -0.3 is 4.74 Å². The summed E-state index contributed by atoms with van der Waals surface area (Å²) in [6.07, 6.45) is 1.24. The highest BCUT2D eigenvalue weighted by Crippen LogP contribution is 2.04. The summed E-state index contributed by atoms with van der Waals surface area (Å²) >= 11 is 5.43. The maximum Gasteiger partial charge on any atom is 0.104 e. The van der Waals surface area contributed by atoms with Crippen molar-refractivity contribution in [3.05, 3.63) is 12.3 Å². The smallest absolute Gasteiger partial charge is 0.104 e. The molecule has 0 bridgehead atoms. The fourth-order valence-electron chi connectivity index (χ4n) is 0.399. The lowest BCUT2D eigenvalue weighted by molar-refractivity contribution is 0.132. The van der Waals surface area contributed by atoms with Crippen LogP contribution in [-0.4, -0.2) is 12.0 Å². The van der Waals surface area contributed by atoms with Crippen molar-refractivity contribution >= 4 is 11.6 Å². The summed E-state index contributed by atoms with van der Waals surface area (Å²) in [5.74, 6) is 1.05. The molecule has 0 aliphatic carbocycles. The van der Waals surface area contributed by atoms with E-state index in [1.54, 1.807) is 0 Å². The number of hydrogen-bond donors (Lipinski definition) is 0. The van der Waals surface area contributed by atoms with E-state index in [4.69, 9.17) is 16.3 Å². The minimum Gasteiger partial charge on any atom is -0.494 e. The summed E-state index contributed by atoms with van der Waals surface area (Å²) in [5, 5.41) is 0. The van der Waals surface area contributed by atoms with Crippen LogP contribution in [-0.2, 0) is 4.74 Å². The van der Waals surface area contributed by atoms with Crippen molar-refractivity contribution in [1.82, 2.24) is 0 Å². The van der Waals surface area contributed by atoms with Crippen LogP contribution >= 0.6 is 11.6 Å². The molecule has 0 radical (unpaired) electrons. The van der Waals surface area contributed by atoms with Crippen molar-refractivity contribution in [1.29, 1.82) is 0 Å². The van der Waals surface area contributed by atoms with Crippen molar-refractivity contribution < 1.29 is 4.74 Å². The zero-order chi connectivity index (χ0) is 7.28. The summed E-state index contributed by atoms with van der Waals surface area (Å²) in [6, 6.07) is 0. The lowest BCUT2D eigenvalue weighted by Crippen LogP contribution is -2.05. The number of ether oxygens (including phenoxy) is 1. The van der Waals surface area contributed by atoms with Crippen LogP contribution in [0.25, 0.3) is 0 Å². The summed E-state index contributed by atoms with van der Waals surface area (Å²) in [5.41, 5.74) is 0. The quantitative estimate of drug-likeness (QED) is 0.440. The molecular formula is C7H13ClO. The van der Waals surface area contributed by atoms with Gasteiger partial charge in [0.05, 0.1) is 12.0 Å². The second-order valence-corrected chi connectivity index (χ2v) is 2.28. The lowest BCUT2D eigenvalue weighted by atomic mass is 10.3. The molecule has 0 fully saturated rings. The molecule has 1 nitrogen and oxygen atoms in total. The van der Waals surface area contributed by atoms with Gasteiger partial charge in [-0.2, -0.15) is 0 Å². The Morgan fingerprint density at radius 2 is 2.33 bits per heavy atom. The van der Waals surface area contributed by atoms with Crippen molar-refractivity contribution in [2.45, 2.75) is 26.4 Å². The second kappa shape index (κ2) is 4.68. The van der Waals surface area contributed by atoms with Gasteiger partial charge in [0.25, 0.3) is 0 Å². The third-order valence-electron chi connectivity index (χ3n) is 1.09. The Labute approximate surface area is 61.7 Å². The van der Waals surface area contributed by atoms with Crippen LogP contribution in [0.5, 0.6) is 0 Å². The third kappa shape index (κ3) is 4.34. The topological polar surface area (TPSA) is 9.23 Å². The van der Waals surface area contributed by atoms with Crippen LogP contribution in [0.1, 0.15) is 20.3 Å². The van der Waals surface area contributed by atoms with Crippen LogP contribution in [0.15, 0.2) is 12.3 Å². The first-order chi connectivity index (χ1) is 4.20. The van der Waals surface area contributed by atoms with Gasteiger partial charge >= 0.3 is 0 Å². The second-order valence-electron chi connectivity index (χ2n) is 2.01. The predicted octanol–water partition coefficient (Wildman–Crippen LogP) is 2.55. The fraction of sp³-hybridized carbons (Fsp3) is 0.714. The standard InChI is InChI=1S/C7H13ClO/c1-4-6(2)9-7(3)5-8/h6H,3-5H2,1-2H3. The monoisotopic (exact) mass is 148 g/mol. The highest BCUT2D eigenvalue weighted by Gasteiger charge is 1.98. The van der Waals surface area contributed by atoms with Gasteiger partial charge in [0, 0.05) is 0 Å². The SMILES string of the molecule is C=C(CCl)OC(C)CC. The van der Waals surface area contributed by atoms with Gasteiger partial charge in [-0.3, -0.25) is 0 Å². The van der Waals surface area contributed by atoms with E-state index in [-0.39, 0.29) is 6.10 Å². The van der Waals surface area contributed by atoms with Gasteiger partial charge in [0.15, 0.2) is 0 Å². The highest BCUT2D eigenvalue weighted by atomic mass is 35.5. The largest absolute Gasteiger partial charge is 0.494 e. The van der Waals surface area contributed by atoms with Crippen LogP contribution in [0.3, 0.4) is 0 Å². The van der Waals surface area contributed by atoms with E-state index in [9.17, 15) is 0 Å². The van der Waals surface area contributed by atoms with E-state index in [0.717, 1.165) is 6.42 Å². The number of hydrogen-bond acceptors (Lipinski definition) is 1. The molecule has 0 N–H and O–H groups in total. The van der Waals surface area contributed by atoms with Crippen molar-refractivity contribution in [2.24, 2.45) is 0 Å². The molecule has 1 atom stereocenters. The Hall–Kier alpha value is -0.170. The molecule has 0 saturated heterocycles. The zero-order valence-corrected chi connectivity index (χ0v) is 6.74. The van der Waals surface area contributed by atoms with Crippen molar-refractivity contribution in [3.8, 4) is 0 Å². The molecule has 0 saturated carbocycles. The molecule has 0 rings (SSSR count). The van der Waals surface area contributed by atoms with Crippen molar-refractivity contribution in [2.75, 3.05) is 5.88 Å². The van der Waals surface area contributed by atoms with Gasteiger partial charge in [0.1, 0.15) is 5.76 Å². The molecule has 54 valence electrons. The Morgan fingerprint density at radius 1 is 1.78 bits per heavy atom. The average Bonchev–Trinajstić information content (AvgIpc) is 1.87. The molecule has 2 heteroatoms. The molecule has 0 aromatic rings. The normalized spacial score (nSPS) is 12.8. The average molecular weight is 149 g/mol. The van der Waals surface area contributed by atoms with E-state index < -0.39 is 0 Å². The fourth-order valence-corrected chi connectivity index (χ4v) is 0.462. The molecule has 9 heavy (non-hydrogen) atoms. The maximum absolute atomic E-state index is 5.43. The molecular weight excluding hydrogens is 136 g/mol. The Kier molecular flexibility index (Phi) is 4.60. The number of allylic oxidation sites excluding steroid dienone is 1. The Balaban J connectivity index is 3.34. The molecule has 0 aromatic carbocycles. The zero-order valence-electron chi connectivity index (χ0n) is 5.98. The van der Waals surface area contributed by atoms with Crippen LogP contribution in [0.2, 0.25) is 0 Å². The van der Waals surface area contributed by atoms with Crippen LogP contribution in [0, 0.1) is 0 Å². The van der Waals surface area contributed by atoms with E-state index in [0.29, 0.717) is 11.6 Å². The van der Waals surface area contributed by atoms with E-state index in [1.807, 2.05) is 6.92 Å². The Morgan fingerprint density at radius 3 is 2.67 bits per heavy atom. The van der Waals surface area contributed by atoms with Crippen LogP contribution < -0.4 is 0 Å². The minimum atomic E-state index is 0.247. The number of rotatable bonds is 4. The summed E-state index contributed by atoms with van der Waals surface area (Å²) < 4.78 is 5.22. The summed E-state index contributed by atoms with van der Waals surface area (Å²) in [6.45, 7) is 7.67. The molecule has 0 spiro atoms. The van der Waals surface area contributed by atoms with Crippen LogP contribution in [0.4, 0.5) is 0 Å². The van der Waals surface area contributed by atoms with Gasteiger partial charge in [-0.05, 0) is 13.3 Å². The molecule has 1 unspecified atom stereocenters. The number of alkyl halides is 1. The third-order valence-corrected chi connectivity index (χ3v) is 1.39. The summed E-state index contributed by atoms with van der Waals surface area (Å²) in [4.78, 5) is 0. The first-order valence-electron chi connectivity index (χ1n) is 3.11. The molecule has 0 aliphatic rings.